The Bertz CT molecular complexity index is 537. The zero-order chi connectivity index (χ0) is 16.4. The van der Waals surface area contributed by atoms with Crippen molar-refractivity contribution in [3.8, 4) is 5.75 Å². The molecule has 0 aromatic heterocycles. The molecular weight excluding hydrogens is 298 g/mol. The van der Waals surface area contributed by atoms with E-state index >= 15 is 0 Å². The minimum Gasteiger partial charge on any atom is -0.458 e. The molecule has 1 N–H and O–H groups in total. The summed E-state index contributed by atoms with van der Waals surface area (Å²) in [6.07, 6.45) is 5.44. The molecule has 118 valence electrons. The summed E-state index contributed by atoms with van der Waals surface area (Å²) in [5.74, 6) is 1.59. The van der Waals surface area contributed by atoms with Gasteiger partial charge in [0.2, 0.25) is 5.91 Å². The molecule has 0 spiro atoms. The fourth-order valence-electron chi connectivity index (χ4n) is 1.53. The minimum absolute atomic E-state index is 0.264. The first-order valence-corrected chi connectivity index (χ1v) is 7.93. The van der Waals surface area contributed by atoms with Crippen LogP contribution in [0, 0.1) is 0 Å². The molecule has 0 aliphatic rings. The number of ether oxygens (including phenoxy) is 1. The lowest BCUT2D eigenvalue weighted by molar-refractivity contribution is -0.163. The van der Waals surface area contributed by atoms with E-state index in [1.165, 1.54) is 0 Å². The molecule has 0 radical (unpaired) electrons. The van der Waals surface area contributed by atoms with E-state index in [4.69, 9.17) is 4.74 Å². The molecule has 0 bridgehead atoms. The number of allylic oxidation sites excluding steroid dienone is 3. The summed E-state index contributed by atoms with van der Waals surface area (Å²) in [7, 11) is 0. The van der Waals surface area contributed by atoms with Gasteiger partial charge < -0.3 is 4.74 Å². The number of nitrogens with zero attached hydrogens (tertiary/aromatic N) is 1. The van der Waals surface area contributed by atoms with Crippen molar-refractivity contribution >= 4 is 17.7 Å². The van der Waals surface area contributed by atoms with Crippen LogP contribution in [0.2, 0.25) is 0 Å². The van der Waals surface area contributed by atoms with Crippen LogP contribution in [0.4, 0.5) is 0 Å². The SMILES string of the molecule is C=C/C=C\C(=C)Oc1ccc(SCCC(=O)N(O)CC)cc1. The van der Waals surface area contributed by atoms with Crippen LogP contribution in [-0.2, 0) is 4.79 Å². The van der Waals surface area contributed by atoms with Gasteiger partial charge >= 0.3 is 0 Å². The number of rotatable bonds is 9. The number of hydrogen-bond acceptors (Lipinski definition) is 4. The third-order valence-corrected chi connectivity index (χ3v) is 3.68. The molecule has 1 aromatic rings. The highest BCUT2D eigenvalue weighted by molar-refractivity contribution is 7.99. The van der Waals surface area contributed by atoms with Crippen molar-refractivity contribution in [1.29, 1.82) is 0 Å². The van der Waals surface area contributed by atoms with E-state index in [2.05, 4.69) is 13.2 Å². The van der Waals surface area contributed by atoms with Crippen LogP contribution < -0.4 is 4.74 Å². The average molecular weight is 319 g/mol. The maximum atomic E-state index is 11.4. The molecule has 4 nitrogen and oxygen atoms in total. The van der Waals surface area contributed by atoms with Gasteiger partial charge in [0, 0.05) is 23.6 Å². The van der Waals surface area contributed by atoms with Gasteiger partial charge in [0.25, 0.3) is 0 Å². The highest BCUT2D eigenvalue weighted by atomic mass is 32.2. The van der Waals surface area contributed by atoms with Crippen LogP contribution in [-0.4, -0.2) is 28.5 Å². The van der Waals surface area contributed by atoms with Crippen molar-refractivity contribution in [2.24, 2.45) is 0 Å². The van der Waals surface area contributed by atoms with Gasteiger partial charge in [0.15, 0.2) is 0 Å². The molecule has 1 aromatic carbocycles. The number of amides is 1. The predicted octanol–water partition coefficient (Wildman–Crippen LogP) is 4.04. The van der Waals surface area contributed by atoms with Crippen molar-refractivity contribution in [2.75, 3.05) is 12.3 Å². The Morgan fingerprint density at radius 3 is 2.68 bits per heavy atom. The van der Waals surface area contributed by atoms with Crippen molar-refractivity contribution in [2.45, 2.75) is 18.2 Å². The average Bonchev–Trinajstić information content (AvgIpc) is 2.53. The Hall–Kier alpha value is -1.98. The second kappa shape index (κ2) is 9.87. The van der Waals surface area contributed by atoms with E-state index in [-0.39, 0.29) is 5.91 Å². The highest BCUT2D eigenvalue weighted by Gasteiger charge is 2.08. The Morgan fingerprint density at radius 1 is 1.41 bits per heavy atom. The Kier molecular flexibility index (Phi) is 8.10. The van der Waals surface area contributed by atoms with Crippen molar-refractivity contribution in [3.05, 3.63) is 61.4 Å². The first-order chi connectivity index (χ1) is 10.6. The normalized spacial score (nSPS) is 10.5. The van der Waals surface area contributed by atoms with Crippen molar-refractivity contribution in [3.63, 3.8) is 0 Å². The lowest BCUT2D eigenvalue weighted by Crippen LogP contribution is -2.27. The molecule has 0 unspecified atom stereocenters. The van der Waals surface area contributed by atoms with Crippen LogP contribution >= 0.6 is 11.8 Å². The van der Waals surface area contributed by atoms with Crippen LogP contribution in [0.1, 0.15) is 13.3 Å². The topological polar surface area (TPSA) is 49.8 Å². The standard InChI is InChI=1S/C17H21NO3S/c1-4-6-7-14(3)21-15-8-10-16(11-9-15)22-13-12-17(19)18(20)5-2/h4,6-11,20H,1,3,5,12-13H2,2H3/b7-6-. The first-order valence-electron chi connectivity index (χ1n) is 6.94. The second-order valence-electron chi connectivity index (χ2n) is 4.34. The number of carbonyl (C=O) groups excluding carboxylic acids is 1. The van der Waals surface area contributed by atoms with Crippen LogP contribution in [0.5, 0.6) is 5.75 Å². The van der Waals surface area contributed by atoms with Gasteiger partial charge in [0.05, 0.1) is 0 Å². The smallest absolute Gasteiger partial charge is 0.246 e. The summed E-state index contributed by atoms with van der Waals surface area (Å²) >= 11 is 1.55. The van der Waals surface area contributed by atoms with Crippen molar-refractivity contribution in [1.82, 2.24) is 5.06 Å². The lowest BCUT2D eigenvalue weighted by atomic mass is 10.3. The van der Waals surface area contributed by atoms with E-state index in [0.29, 0.717) is 30.2 Å². The third kappa shape index (κ3) is 6.65. The summed E-state index contributed by atoms with van der Waals surface area (Å²) < 4.78 is 5.53. The van der Waals surface area contributed by atoms with E-state index in [0.717, 1.165) is 9.96 Å². The van der Waals surface area contributed by atoms with Gasteiger partial charge in [-0.1, -0.05) is 25.3 Å². The fourth-order valence-corrected chi connectivity index (χ4v) is 2.37. The van der Waals surface area contributed by atoms with E-state index in [9.17, 15) is 10.0 Å². The number of hydroxylamine groups is 2. The fraction of sp³-hybridized carbons (Fsp3) is 0.235. The van der Waals surface area contributed by atoms with Crippen molar-refractivity contribution < 1.29 is 14.7 Å². The maximum absolute atomic E-state index is 11.4. The Labute approximate surface area is 135 Å². The van der Waals surface area contributed by atoms with Gasteiger partial charge in [-0.25, -0.2) is 5.06 Å². The summed E-state index contributed by atoms with van der Waals surface area (Å²) in [6.45, 7) is 9.38. The molecule has 5 heteroatoms. The quantitative estimate of drug-likeness (QED) is 0.245. The molecule has 1 rings (SSSR count). The molecule has 22 heavy (non-hydrogen) atoms. The van der Waals surface area contributed by atoms with Gasteiger partial charge in [0.1, 0.15) is 11.5 Å². The summed E-state index contributed by atoms with van der Waals surface area (Å²) in [5, 5.41) is 9.98. The van der Waals surface area contributed by atoms with Gasteiger partial charge in [-0.3, -0.25) is 10.0 Å². The maximum Gasteiger partial charge on any atom is 0.246 e. The second-order valence-corrected chi connectivity index (χ2v) is 5.51. The molecule has 0 saturated heterocycles. The van der Waals surface area contributed by atoms with E-state index in [1.807, 2.05) is 24.3 Å². The number of benzene rings is 1. The number of carbonyl (C=O) groups is 1. The molecule has 0 atom stereocenters. The zero-order valence-electron chi connectivity index (χ0n) is 12.7. The molecule has 0 aliphatic heterocycles. The van der Waals surface area contributed by atoms with Crippen LogP contribution in [0.15, 0.2) is 66.3 Å². The largest absolute Gasteiger partial charge is 0.458 e. The minimum atomic E-state index is -0.264. The third-order valence-electron chi connectivity index (χ3n) is 2.66. The highest BCUT2D eigenvalue weighted by Crippen LogP contribution is 2.23. The summed E-state index contributed by atoms with van der Waals surface area (Å²) in [4.78, 5) is 12.5. The lowest BCUT2D eigenvalue weighted by Gasteiger charge is -2.11. The first kappa shape index (κ1) is 18.1. The summed E-state index contributed by atoms with van der Waals surface area (Å²) in [5.41, 5.74) is 0. The monoisotopic (exact) mass is 319 g/mol. The number of thioether (sulfide) groups is 1. The zero-order valence-corrected chi connectivity index (χ0v) is 13.5. The van der Waals surface area contributed by atoms with Gasteiger partial charge in [-0.2, -0.15) is 0 Å². The van der Waals surface area contributed by atoms with Crippen LogP contribution in [0.25, 0.3) is 0 Å². The Morgan fingerprint density at radius 2 is 2.09 bits per heavy atom. The molecular formula is C17H21NO3S. The van der Waals surface area contributed by atoms with E-state index in [1.54, 1.807) is 36.9 Å². The number of hydrogen-bond donors (Lipinski definition) is 1. The molecule has 0 fully saturated rings. The summed E-state index contributed by atoms with van der Waals surface area (Å²) in [6, 6.07) is 7.54. The van der Waals surface area contributed by atoms with Crippen LogP contribution in [0.3, 0.4) is 0 Å². The molecule has 0 heterocycles. The van der Waals surface area contributed by atoms with E-state index < -0.39 is 0 Å². The molecule has 0 aliphatic carbocycles. The molecule has 0 saturated carbocycles. The predicted molar refractivity (Wildman–Crippen MR) is 90.1 cm³/mol. The van der Waals surface area contributed by atoms with Gasteiger partial charge in [-0.05, 0) is 37.3 Å². The Balaban J connectivity index is 2.42. The molecule has 1 amide bonds. The van der Waals surface area contributed by atoms with Gasteiger partial charge in [-0.15, -0.1) is 11.8 Å².